The van der Waals surface area contributed by atoms with Crippen LogP contribution >= 0.6 is 0 Å². The van der Waals surface area contributed by atoms with E-state index in [4.69, 9.17) is 10.8 Å². The fourth-order valence-electron chi connectivity index (χ4n) is 1.67. The molecule has 0 saturated heterocycles. The molecule has 0 aromatic heterocycles. The van der Waals surface area contributed by atoms with E-state index in [0.29, 0.717) is 12.1 Å². The fraction of sp³-hybridized carbons (Fsp3) is 0.462. The normalized spacial score (nSPS) is 10.4. The first-order valence-electron chi connectivity index (χ1n) is 5.97. The fourth-order valence-corrected chi connectivity index (χ4v) is 1.67. The number of aliphatic hydroxyl groups is 1. The van der Waals surface area contributed by atoms with Crippen LogP contribution in [0.2, 0.25) is 0 Å². The highest BCUT2D eigenvalue weighted by atomic mass is 19.1. The predicted molar refractivity (Wildman–Crippen MR) is 68.7 cm³/mol. The Morgan fingerprint density at radius 1 is 1.39 bits per heavy atom. The van der Waals surface area contributed by atoms with E-state index in [1.54, 1.807) is 11.9 Å². The summed E-state index contributed by atoms with van der Waals surface area (Å²) in [5.74, 6) is -0.661. The van der Waals surface area contributed by atoms with Crippen molar-refractivity contribution in [3.63, 3.8) is 0 Å². The number of anilines is 1. The van der Waals surface area contributed by atoms with E-state index >= 15 is 0 Å². The minimum Gasteiger partial charge on any atom is -0.398 e. The van der Waals surface area contributed by atoms with Crippen molar-refractivity contribution in [2.24, 2.45) is 0 Å². The standard InChI is InChI=1S/C13H19FN2O2/c1-16(7-3-2-4-8-17)13(18)11-6-5-10(14)9-12(11)15/h5-6,9,17H,2-4,7-8,15H2,1H3. The topological polar surface area (TPSA) is 66.6 Å². The van der Waals surface area contributed by atoms with Gasteiger partial charge in [-0.15, -0.1) is 0 Å². The van der Waals surface area contributed by atoms with Crippen LogP contribution < -0.4 is 5.73 Å². The van der Waals surface area contributed by atoms with E-state index in [1.165, 1.54) is 12.1 Å². The third-order valence-corrected chi connectivity index (χ3v) is 2.74. The monoisotopic (exact) mass is 254 g/mol. The van der Waals surface area contributed by atoms with Gasteiger partial charge < -0.3 is 15.7 Å². The van der Waals surface area contributed by atoms with Gasteiger partial charge in [0, 0.05) is 25.9 Å². The highest BCUT2D eigenvalue weighted by Crippen LogP contribution is 2.15. The van der Waals surface area contributed by atoms with E-state index in [9.17, 15) is 9.18 Å². The van der Waals surface area contributed by atoms with E-state index in [1.807, 2.05) is 0 Å². The van der Waals surface area contributed by atoms with Gasteiger partial charge in [-0.25, -0.2) is 4.39 Å². The van der Waals surface area contributed by atoms with Gasteiger partial charge in [-0.3, -0.25) is 4.79 Å². The van der Waals surface area contributed by atoms with Crippen LogP contribution in [0.15, 0.2) is 18.2 Å². The van der Waals surface area contributed by atoms with Gasteiger partial charge in [0.05, 0.1) is 5.56 Å². The zero-order valence-electron chi connectivity index (χ0n) is 10.5. The van der Waals surface area contributed by atoms with Crippen molar-refractivity contribution in [2.45, 2.75) is 19.3 Å². The number of unbranched alkanes of at least 4 members (excludes halogenated alkanes) is 2. The van der Waals surface area contributed by atoms with Crippen molar-refractivity contribution in [3.05, 3.63) is 29.6 Å². The highest BCUT2D eigenvalue weighted by molar-refractivity contribution is 5.98. The zero-order valence-corrected chi connectivity index (χ0v) is 10.5. The molecule has 0 bridgehead atoms. The number of halogens is 1. The lowest BCUT2D eigenvalue weighted by atomic mass is 10.1. The summed E-state index contributed by atoms with van der Waals surface area (Å²) in [5, 5.41) is 8.65. The van der Waals surface area contributed by atoms with Gasteiger partial charge in [0.1, 0.15) is 5.82 Å². The van der Waals surface area contributed by atoms with Crippen LogP contribution in [-0.4, -0.2) is 36.1 Å². The largest absolute Gasteiger partial charge is 0.398 e. The summed E-state index contributed by atoms with van der Waals surface area (Å²) in [6.07, 6.45) is 2.43. The van der Waals surface area contributed by atoms with E-state index in [2.05, 4.69) is 0 Å². The van der Waals surface area contributed by atoms with Crippen LogP contribution in [0.5, 0.6) is 0 Å². The Morgan fingerprint density at radius 2 is 2.11 bits per heavy atom. The van der Waals surface area contributed by atoms with Crippen LogP contribution in [-0.2, 0) is 0 Å². The summed E-state index contributed by atoms with van der Waals surface area (Å²) in [6.45, 7) is 0.762. The van der Waals surface area contributed by atoms with Crippen LogP contribution in [0, 0.1) is 5.82 Å². The van der Waals surface area contributed by atoms with E-state index in [0.717, 1.165) is 25.3 Å². The number of carbonyl (C=O) groups excluding carboxylic acids is 1. The Labute approximate surface area is 106 Å². The third kappa shape index (κ3) is 4.00. The molecular weight excluding hydrogens is 235 g/mol. The molecule has 1 amide bonds. The molecule has 0 saturated carbocycles. The molecule has 1 rings (SSSR count). The SMILES string of the molecule is CN(CCCCCO)C(=O)c1ccc(F)cc1N. The molecule has 1 aromatic carbocycles. The lowest BCUT2D eigenvalue weighted by Crippen LogP contribution is -2.28. The Balaban J connectivity index is 2.57. The number of carbonyl (C=O) groups is 1. The number of hydrogen-bond donors (Lipinski definition) is 2. The number of nitrogen functional groups attached to an aromatic ring is 1. The van der Waals surface area contributed by atoms with Gasteiger partial charge in [-0.1, -0.05) is 0 Å². The van der Waals surface area contributed by atoms with Gasteiger partial charge in [-0.05, 0) is 37.5 Å². The molecule has 0 unspecified atom stereocenters. The summed E-state index contributed by atoms with van der Waals surface area (Å²) >= 11 is 0. The predicted octanol–water partition coefficient (Wildman–Crippen LogP) is 1.64. The second-order valence-electron chi connectivity index (χ2n) is 4.24. The third-order valence-electron chi connectivity index (χ3n) is 2.74. The summed E-state index contributed by atoms with van der Waals surface area (Å²) in [7, 11) is 1.68. The summed E-state index contributed by atoms with van der Waals surface area (Å²) in [4.78, 5) is 13.6. The molecule has 100 valence electrons. The van der Waals surface area contributed by atoms with Gasteiger partial charge in [0.2, 0.25) is 0 Å². The lowest BCUT2D eigenvalue weighted by Gasteiger charge is -2.18. The molecule has 1 aromatic rings. The van der Waals surface area contributed by atoms with Gasteiger partial charge in [-0.2, -0.15) is 0 Å². The summed E-state index contributed by atoms with van der Waals surface area (Å²) in [6, 6.07) is 3.77. The van der Waals surface area contributed by atoms with Crippen LogP contribution in [0.25, 0.3) is 0 Å². The Morgan fingerprint density at radius 3 is 2.72 bits per heavy atom. The molecule has 0 spiro atoms. The summed E-state index contributed by atoms with van der Waals surface area (Å²) in [5.41, 5.74) is 6.09. The van der Waals surface area contributed by atoms with Crippen molar-refractivity contribution < 1.29 is 14.3 Å². The van der Waals surface area contributed by atoms with Gasteiger partial charge >= 0.3 is 0 Å². The van der Waals surface area contributed by atoms with Gasteiger partial charge in [0.25, 0.3) is 5.91 Å². The lowest BCUT2D eigenvalue weighted by molar-refractivity contribution is 0.0793. The molecular formula is C13H19FN2O2. The highest BCUT2D eigenvalue weighted by Gasteiger charge is 2.14. The first-order valence-corrected chi connectivity index (χ1v) is 5.97. The molecule has 5 heteroatoms. The quantitative estimate of drug-likeness (QED) is 0.599. The van der Waals surface area contributed by atoms with Crippen molar-refractivity contribution in [2.75, 3.05) is 25.9 Å². The number of nitrogens with zero attached hydrogens (tertiary/aromatic N) is 1. The van der Waals surface area contributed by atoms with E-state index in [-0.39, 0.29) is 18.2 Å². The molecule has 4 nitrogen and oxygen atoms in total. The molecule has 0 radical (unpaired) electrons. The molecule has 0 aliphatic carbocycles. The maximum absolute atomic E-state index is 12.9. The zero-order chi connectivity index (χ0) is 13.5. The Kier molecular flexibility index (Phi) is 5.58. The molecule has 0 fully saturated rings. The molecule has 3 N–H and O–H groups in total. The van der Waals surface area contributed by atoms with Crippen LogP contribution in [0.3, 0.4) is 0 Å². The Bertz CT molecular complexity index is 410. The maximum atomic E-state index is 12.9. The molecule has 0 aliphatic heterocycles. The number of amides is 1. The minimum absolute atomic E-state index is 0.155. The van der Waals surface area contributed by atoms with Gasteiger partial charge in [0.15, 0.2) is 0 Å². The van der Waals surface area contributed by atoms with Crippen molar-refractivity contribution >= 4 is 11.6 Å². The van der Waals surface area contributed by atoms with E-state index < -0.39 is 5.82 Å². The molecule has 0 atom stereocenters. The first kappa shape index (κ1) is 14.4. The molecule has 0 heterocycles. The molecule has 18 heavy (non-hydrogen) atoms. The van der Waals surface area contributed by atoms with Crippen molar-refractivity contribution in [1.29, 1.82) is 0 Å². The minimum atomic E-state index is -0.449. The average molecular weight is 254 g/mol. The van der Waals surface area contributed by atoms with Crippen molar-refractivity contribution in [1.82, 2.24) is 4.90 Å². The molecule has 0 aliphatic rings. The number of aliphatic hydroxyl groups excluding tert-OH is 1. The summed E-state index contributed by atoms with van der Waals surface area (Å²) < 4.78 is 12.9. The van der Waals surface area contributed by atoms with Crippen molar-refractivity contribution in [3.8, 4) is 0 Å². The number of hydrogen-bond acceptors (Lipinski definition) is 3. The number of rotatable bonds is 6. The first-order chi connectivity index (χ1) is 8.56. The number of benzene rings is 1. The number of nitrogens with two attached hydrogens (primary N) is 1. The second-order valence-corrected chi connectivity index (χ2v) is 4.24. The maximum Gasteiger partial charge on any atom is 0.255 e. The average Bonchev–Trinajstić information content (AvgIpc) is 2.33. The van der Waals surface area contributed by atoms with Crippen LogP contribution in [0.1, 0.15) is 29.6 Å². The van der Waals surface area contributed by atoms with Crippen LogP contribution in [0.4, 0.5) is 10.1 Å². The smallest absolute Gasteiger partial charge is 0.255 e. The Hall–Kier alpha value is -1.62. The second kappa shape index (κ2) is 6.96.